The van der Waals surface area contributed by atoms with Gasteiger partial charge in [-0.15, -0.1) is 6.58 Å². The Hall–Kier alpha value is -0.510. The van der Waals surface area contributed by atoms with Gasteiger partial charge in [0.2, 0.25) is 0 Å². The average Bonchev–Trinajstić information content (AvgIpc) is 2.37. The van der Waals surface area contributed by atoms with Gasteiger partial charge >= 0.3 is 6.18 Å². The first-order valence-electron chi connectivity index (χ1n) is 7.38. The third kappa shape index (κ3) is 5.98. The molecule has 2 N–H and O–H groups in total. The van der Waals surface area contributed by atoms with Crippen molar-refractivity contribution in [2.45, 2.75) is 70.0 Å². The maximum atomic E-state index is 12.7. The normalized spacial score (nSPS) is 26.1. The van der Waals surface area contributed by atoms with Gasteiger partial charge in [-0.3, -0.25) is 0 Å². The van der Waals surface area contributed by atoms with Crippen LogP contribution in [0.1, 0.15) is 57.8 Å². The molecule has 0 saturated heterocycles. The topological polar surface area (TPSA) is 26.0 Å². The quantitative estimate of drug-likeness (QED) is 0.524. The summed E-state index contributed by atoms with van der Waals surface area (Å²) in [6, 6.07) is -0.0612. The second-order valence-corrected chi connectivity index (χ2v) is 5.76. The maximum absolute atomic E-state index is 12.7. The van der Waals surface area contributed by atoms with Gasteiger partial charge in [0.15, 0.2) is 0 Å². The first-order valence-corrected chi connectivity index (χ1v) is 7.38. The molecule has 1 aliphatic rings. The van der Waals surface area contributed by atoms with Crippen molar-refractivity contribution in [2.75, 3.05) is 0 Å². The van der Waals surface area contributed by atoms with Crippen LogP contribution in [0.5, 0.6) is 0 Å². The highest BCUT2D eigenvalue weighted by molar-refractivity contribution is 4.83. The van der Waals surface area contributed by atoms with Crippen molar-refractivity contribution in [3.8, 4) is 0 Å². The molecular weight excluding hydrogens is 251 g/mol. The van der Waals surface area contributed by atoms with Crippen LogP contribution in [0.4, 0.5) is 13.2 Å². The van der Waals surface area contributed by atoms with E-state index >= 15 is 0 Å². The molecule has 1 fully saturated rings. The van der Waals surface area contributed by atoms with Gasteiger partial charge in [-0.25, -0.2) is 0 Å². The number of hydrogen-bond donors (Lipinski definition) is 1. The monoisotopic (exact) mass is 277 g/mol. The Bertz CT molecular complexity index is 263. The summed E-state index contributed by atoms with van der Waals surface area (Å²) in [6.07, 6.45) is 4.98. The summed E-state index contributed by atoms with van der Waals surface area (Å²) < 4.78 is 38.2. The first-order chi connectivity index (χ1) is 8.95. The number of unbranched alkanes of at least 4 members (excludes halogenated alkanes) is 3. The van der Waals surface area contributed by atoms with E-state index in [0.29, 0.717) is 6.42 Å². The van der Waals surface area contributed by atoms with Crippen LogP contribution in [0, 0.1) is 11.8 Å². The minimum atomic E-state index is -4.04. The molecule has 0 aliphatic heterocycles. The molecule has 1 saturated carbocycles. The van der Waals surface area contributed by atoms with Crippen LogP contribution in [-0.2, 0) is 0 Å². The average molecular weight is 277 g/mol. The highest BCUT2D eigenvalue weighted by atomic mass is 19.4. The molecule has 0 spiro atoms. The molecule has 0 aromatic heterocycles. The predicted molar refractivity (Wildman–Crippen MR) is 72.8 cm³/mol. The van der Waals surface area contributed by atoms with E-state index in [-0.39, 0.29) is 24.8 Å². The van der Waals surface area contributed by atoms with Crippen molar-refractivity contribution in [3.63, 3.8) is 0 Å². The molecule has 1 nitrogen and oxygen atoms in total. The van der Waals surface area contributed by atoms with E-state index in [0.717, 1.165) is 38.5 Å². The summed E-state index contributed by atoms with van der Waals surface area (Å²) in [6.45, 7) is 3.67. The van der Waals surface area contributed by atoms with Gasteiger partial charge in [-0.1, -0.05) is 25.3 Å². The number of alkyl halides is 3. The molecule has 3 atom stereocenters. The molecular formula is C15H26F3N. The Labute approximate surface area is 114 Å². The zero-order valence-electron chi connectivity index (χ0n) is 11.6. The Morgan fingerprint density at radius 1 is 1.21 bits per heavy atom. The second kappa shape index (κ2) is 7.93. The molecule has 4 heteroatoms. The lowest BCUT2D eigenvalue weighted by atomic mass is 9.76. The summed E-state index contributed by atoms with van der Waals surface area (Å²) in [5.41, 5.74) is 6.08. The SMILES string of the molecule is C=CCCCCCC(N)C1CCCC(C(F)(F)F)C1. The highest BCUT2D eigenvalue weighted by Crippen LogP contribution is 2.41. The lowest BCUT2D eigenvalue weighted by Crippen LogP contribution is -2.37. The molecule has 0 radical (unpaired) electrons. The Kier molecular flexibility index (Phi) is 6.90. The van der Waals surface area contributed by atoms with Crippen molar-refractivity contribution in [3.05, 3.63) is 12.7 Å². The van der Waals surface area contributed by atoms with E-state index in [4.69, 9.17) is 5.73 Å². The smallest absolute Gasteiger partial charge is 0.327 e. The van der Waals surface area contributed by atoms with Crippen molar-refractivity contribution < 1.29 is 13.2 Å². The van der Waals surface area contributed by atoms with E-state index in [1.165, 1.54) is 0 Å². The summed E-state index contributed by atoms with van der Waals surface area (Å²) in [4.78, 5) is 0. The maximum Gasteiger partial charge on any atom is 0.391 e. The van der Waals surface area contributed by atoms with Crippen molar-refractivity contribution in [2.24, 2.45) is 17.6 Å². The minimum Gasteiger partial charge on any atom is -0.327 e. The van der Waals surface area contributed by atoms with Crippen molar-refractivity contribution in [1.29, 1.82) is 0 Å². The molecule has 112 valence electrons. The third-order valence-electron chi connectivity index (χ3n) is 4.23. The van der Waals surface area contributed by atoms with Crippen LogP contribution in [0.2, 0.25) is 0 Å². The van der Waals surface area contributed by atoms with Gasteiger partial charge in [0.05, 0.1) is 5.92 Å². The third-order valence-corrected chi connectivity index (χ3v) is 4.23. The van der Waals surface area contributed by atoms with Crippen LogP contribution in [-0.4, -0.2) is 12.2 Å². The fourth-order valence-electron chi connectivity index (χ4n) is 2.99. The highest BCUT2D eigenvalue weighted by Gasteiger charge is 2.42. The lowest BCUT2D eigenvalue weighted by Gasteiger charge is -2.33. The summed E-state index contributed by atoms with van der Waals surface area (Å²) in [5.74, 6) is -1.07. The number of rotatable bonds is 7. The fourth-order valence-corrected chi connectivity index (χ4v) is 2.99. The zero-order valence-corrected chi connectivity index (χ0v) is 11.6. The molecule has 1 aliphatic carbocycles. The van der Waals surface area contributed by atoms with E-state index in [1.54, 1.807) is 0 Å². The van der Waals surface area contributed by atoms with Gasteiger partial charge in [-0.05, 0) is 44.4 Å². The van der Waals surface area contributed by atoms with Gasteiger partial charge in [-0.2, -0.15) is 13.2 Å². The van der Waals surface area contributed by atoms with E-state index in [9.17, 15) is 13.2 Å². The Morgan fingerprint density at radius 3 is 2.58 bits per heavy atom. The largest absolute Gasteiger partial charge is 0.391 e. The van der Waals surface area contributed by atoms with E-state index < -0.39 is 12.1 Å². The van der Waals surface area contributed by atoms with Crippen molar-refractivity contribution >= 4 is 0 Å². The zero-order chi connectivity index (χ0) is 14.3. The van der Waals surface area contributed by atoms with E-state index in [1.807, 2.05) is 6.08 Å². The van der Waals surface area contributed by atoms with E-state index in [2.05, 4.69) is 6.58 Å². The molecule has 1 rings (SSSR count). The van der Waals surface area contributed by atoms with Crippen LogP contribution in [0.3, 0.4) is 0 Å². The molecule has 0 aromatic carbocycles. The molecule has 0 bridgehead atoms. The van der Waals surface area contributed by atoms with Crippen LogP contribution >= 0.6 is 0 Å². The van der Waals surface area contributed by atoms with Crippen molar-refractivity contribution in [1.82, 2.24) is 0 Å². The fraction of sp³-hybridized carbons (Fsp3) is 0.867. The van der Waals surface area contributed by atoms with Gasteiger partial charge < -0.3 is 5.73 Å². The molecule has 0 aromatic rings. The first kappa shape index (κ1) is 16.5. The summed E-state index contributed by atoms with van der Waals surface area (Å²) in [7, 11) is 0. The second-order valence-electron chi connectivity index (χ2n) is 5.76. The Balaban J connectivity index is 2.27. The standard InChI is InChI=1S/C15H26F3N/c1-2-3-4-5-6-10-14(19)12-8-7-9-13(11-12)15(16,17)18/h2,12-14H,1,3-11,19H2. The summed E-state index contributed by atoms with van der Waals surface area (Å²) >= 11 is 0. The van der Waals surface area contributed by atoms with Gasteiger partial charge in [0.25, 0.3) is 0 Å². The molecule has 19 heavy (non-hydrogen) atoms. The number of allylic oxidation sites excluding steroid dienone is 1. The summed E-state index contributed by atoms with van der Waals surface area (Å²) in [5, 5.41) is 0. The Morgan fingerprint density at radius 2 is 1.95 bits per heavy atom. The molecule has 3 unspecified atom stereocenters. The minimum absolute atomic E-state index is 0.0554. The van der Waals surface area contributed by atoms with Crippen LogP contribution < -0.4 is 5.73 Å². The van der Waals surface area contributed by atoms with Crippen LogP contribution in [0.15, 0.2) is 12.7 Å². The van der Waals surface area contributed by atoms with Crippen LogP contribution in [0.25, 0.3) is 0 Å². The number of halogens is 3. The number of nitrogens with two attached hydrogens (primary N) is 1. The predicted octanol–water partition coefficient (Wildman–Crippen LogP) is 4.82. The molecule has 0 amide bonds. The van der Waals surface area contributed by atoms with Gasteiger partial charge in [0, 0.05) is 6.04 Å². The number of hydrogen-bond acceptors (Lipinski definition) is 1. The van der Waals surface area contributed by atoms with Gasteiger partial charge in [0.1, 0.15) is 0 Å². The molecule has 0 heterocycles. The lowest BCUT2D eigenvalue weighted by molar-refractivity contribution is -0.186.